The standard InChI is InChI=1S/C3H4O2S.W.Y/c1-2-3-6(4)5;;/h1H3,(H,4,5);;/p-1. The number of hydrogen-bond donors (Lipinski definition) is 0. The smallest absolute Gasteiger partial charge is 0.0247 e. The van der Waals surface area contributed by atoms with Gasteiger partial charge in [0.15, 0.2) is 0 Å². The zero-order chi connectivity index (χ0) is 4.99. The first-order valence-corrected chi connectivity index (χ1v) is 2.36. The number of hydrogen-bond acceptors (Lipinski definition) is 2. The molecule has 8 heavy (non-hydrogen) atoms. The van der Waals surface area contributed by atoms with E-state index in [0.29, 0.717) is 0 Å². The van der Waals surface area contributed by atoms with Gasteiger partial charge in [0, 0.05) is 64.9 Å². The Morgan fingerprint density at radius 3 is 2.00 bits per heavy atom. The van der Waals surface area contributed by atoms with Gasteiger partial charge in [-0.15, -0.1) is 0 Å². The maximum absolute atomic E-state index is 9.43. The summed E-state index contributed by atoms with van der Waals surface area (Å²) in [6.07, 6.45) is 0. The van der Waals surface area contributed by atoms with Crippen LogP contribution in [0.3, 0.4) is 0 Å². The Labute approximate surface area is 90.6 Å². The molecule has 0 bridgehead atoms. The predicted octanol–water partition coefficient (Wildman–Crippen LogP) is -0.159. The Hall–Kier alpha value is 1.46. The van der Waals surface area contributed by atoms with Crippen LogP contribution in [0, 0.1) is 11.2 Å². The van der Waals surface area contributed by atoms with Gasteiger partial charge >= 0.3 is 0 Å². The summed E-state index contributed by atoms with van der Waals surface area (Å²) in [6.45, 7) is 1.47. The van der Waals surface area contributed by atoms with Crippen LogP contribution in [-0.2, 0) is 64.9 Å². The minimum Gasteiger partial charge on any atom is -0.762 e. The van der Waals surface area contributed by atoms with E-state index < -0.39 is 11.1 Å². The Kier molecular flexibility index (Phi) is 22.9. The van der Waals surface area contributed by atoms with Gasteiger partial charge in [-0.3, -0.25) is 4.21 Å². The van der Waals surface area contributed by atoms with E-state index >= 15 is 0 Å². The molecule has 43 valence electrons. The van der Waals surface area contributed by atoms with Crippen molar-refractivity contribution in [2.24, 2.45) is 0 Å². The molecule has 0 aromatic rings. The molecule has 0 aliphatic carbocycles. The molecule has 0 amide bonds. The minimum absolute atomic E-state index is 0. The molecule has 0 aliphatic heterocycles. The van der Waals surface area contributed by atoms with Gasteiger partial charge in [0.05, 0.1) is 0 Å². The van der Waals surface area contributed by atoms with Crippen molar-refractivity contribution in [2.45, 2.75) is 6.92 Å². The van der Waals surface area contributed by atoms with E-state index in [1.807, 2.05) is 5.25 Å². The second-order valence-electron chi connectivity index (χ2n) is 0.587. The molecule has 0 heterocycles. The summed E-state index contributed by atoms with van der Waals surface area (Å²) >= 11 is -2.18. The zero-order valence-electron chi connectivity index (χ0n) is 4.21. The summed E-state index contributed by atoms with van der Waals surface area (Å²) in [5.74, 6) is 2.20. The maximum Gasteiger partial charge on any atom is 0.0247 e. The Bertz CT molecular complexity index is 116. The first kappa shape index (κ1) is 16.2. The van der Waals surface area contributed by atoms with E-state index in [1.165, 1.54) is 6.92 Å². The molecule has 0 aromatic heterocycles. The molecule has 5 heteroatoms. The van der Waals surface area contributed by atoms with E-state index in [1.54, 1.807) is 0 Å². The summed E-state index contributed by atoms with van der Waals surface area (Å²) in [4.78, 5) is 0. The molecular weight excluding hydrogens is 373 g/mol. The zero-order valence-corrected chi connectivity index (χ0v) is 10.8. The summed E-state index contributed by atoms with van der Waals surface area (Å²) in [5, 5.41) is 1.88. The Morgan fingerprint density at radius 1 is 1.62 bits per heavy atom. The second-order valence-corrected chi connectivity index (χ2v) is 1.26. The van der Waals surface area contributed by atoms with Gasteiger partial charge in [-0.25, -0.2) is 0 Å². The van der Waals surface area contributed by atoms with Crippen molar-refractivity contribution < 1.29 is 62.5 Å². The SMILES string of the molecule is CC#CS(=O)[O-].[W].[Y]. The van der Waals surface area contributed by atoms with Gasteiger partial charge in [-0.1, -0.05) is 5.92 Å². The van der Waals surface area contributed by atoms with E-state index in [0.717, 1.165) is 0 Å². The van der Waals surface area contributed by atoms with Crippen LogP contribution >= 0.6 is 0 Å². The Balaban J connectivity index is -0.000000125. The average molecular weight is 376 g/mol. The fourth-order valence-electron chi connectivity index (χ4n) is 0.0833. The molecule has 0 spiro atoms. The van der Waals surface area contributed by atoms with Crippen molar-refractivity contribution in [3.05, 3.63) is 0 Å². The minimum atomic E-state index is -2.18. The first-order valence-electron chi connectivity index (χ1n) is 1.29. The van der Waals surface area contributed by atoms with Crippen molar-refractivity contribution >= 4 is 11.1 Å². The Morgan fingerprint density at radius 2 is 2.00 bits per heavy atom. The van der Waals surface area contributed by atoms with Crippen molar-refractivity contribution in [1.29, 1.82) is 0 Å². The first-order chi connectivity index (χ1) is 2.77. The van der Waals surface area contributed by atoms with Gasteiger partial charge in [0.2, 0.25) is 0 Å². The topological polar surface area (TPSA) is 40.1 Å². The third kappa shape index (κ3) is 15.7. The van der Waals surface area contributed by atoms with Crippen molar-refractivity contribution in [2.75, 3.05) is 0 Å². The van der Waals surface area contributed by atoms with Crippen LogP contribution in [0.1, 0.15) is 6.92 Å². The molecule has 0 saturated heterocycles. The maximum atomic E-state index is 9.43. The quantitative estimate of drug-likeness (QED) is 0.436. The molecule has 1 radical (unpaired) electrons. The van der Waals surface area contributed by atoms with Crippen molar-refractivity contribution in [1.82, 2.24) is 0 Å². The van der Waals surface area contributed by atoms with E-state index in [2.05, 4.69) is 5.92 Å². The van der Waals surface area contributed by atoms with Crippen LogP contribution in [0.4, 0.5) is 0 Å². The molecule has 0 fully saturated rings. The molecular formula is C3H3O2SWY-. The molecule has 0 N–H and O–H groups in total. The third-order valence-corrected chi connectivity index (χ3v) is 0.556. The molecule has 2 nitrogen and oxygen atoms in total. The van der Waals surface area contributed by atoms with Crippen LogP contribution < -0.4 is 0 Å². The molecule has 0 aliphatic rings. The third-order valence-electron chi connectivity index (χ3n) is 0.185. The fourth-order valence-corrected chi connectivity index (χ4v) is 0.250. The number of rotatable bonds is 0. The molecule has 1 atom stereocenters. The van der Waals surface area contributed by atoms with Crippen molar-refractivity contribution in [3.8, 4) is 11.2 Å². The fraction of sp³-hybridized carbons (Fsp3) is 0.333. The molecule has 0 saturated carbocycles. The van der Waals surface area contributed by atoms with Crippen LogP contribution in [0.25, 0.3) is 0 Å². The predicted molar refractivity (Wildman–Crippen MR) is 22.4 cm³/mol. The van der Waals surface area contributed by atoms with Crippen LogP contribution in [0.15, 0.2) is 0 Å². The summed E-state index contributed by atoms with van der Waals surface area (Å²) in [7, 11) is 0. The van der Waals surface area contributed by atoms with Crippen LogP contribution in [0.5, 0.6) is 0 Å². The molecule has 0 rings (SSSR count). The van der Waals surface area contributed by atoms with E-state index in [9.17, 15) is 8.76 Å². The second kappa shape index (κ2) is 11.3. The molecule has 1 unspecified atom stereocenters. The monoisotopic (exact) mass is 376 g/mol. The molecule has 0 aromatic carbocycles. The van der Waals surface area contributed by atoms with Crippen LogP contribution in [0.2, 0.25) is 0 Å². The average Bonchev–Trinajstić information content (AvgIpc) is 1.35. The summed E-state index contributed by atoms with van der Waals surface area (Å²) < 4.78 is 18.9. The van der Waals surface area contributed by atoms with Gasteiger partial charge in [0.25, 0.3) is 0 Å². The van der Waals surface area contributed by atoms with Gasteiger partial charge in [0.1, 0.15) is 0 Å². The van der Waals surface area contributed by atoms with Crippen LogP contribution in [-0.4, -0.2) is 8.76 Å². The normalized spacial score (nSPS) is 8.75. The van der Waals surface area contributed by atoms with E-state index in [4.69, 9.17) is 0 Å². The summed E-state index contributed by atoms with van der Waals surface area (Å²) in [5.41, 5.74) is 0. The van der Waals surface area contributed by atoms with Gasteiger partial charge in [-0.05, 0) is 12.2 Å². The van der Waals surface area contributed by atoms with Gasteiger partial charge in [-0.2, -0.15) is 0 Å². The van der Waals surface area contributed by atoms with Gasteiger partial charge < -0.3 is 4.55 Å². The van der Waals surface area contributed by atoms with Crippen molar-refractivity contribution in [3.63, 3.8) is 0 Å². The van der Waals surface area contributed by atoms with E-state index in [-0.39, 0.29) is 53.8 Å². The summed E-state index contributed by atoms with van der Waals surface area (Å²) in [6, 6.07) is 0. The largest absolute Gasteiger partial charge is 0.762 e.